The minimum absolute atomic E-state index is 0.0208. The van der Waals surface area contributed by atoms with E-state index in [1.807, 2.05) is 13.8 Å². The topological polar surface area (TPSA) is 133 Å². The van der Waals surface area contributed by atoms with Gasteiger partial charge in [-0.15, -0.1) is 0 Å². The number of allylic oxidation sites excluding steroid dienone is 1. The number of carbonyl (C=O) groups is 2. The molecule has 0 aromatic carbocycles. The van der Waals surface area contributed by atoms with E-state index in [2.05, 4.69) is 58.3 Å². The molecule has 7 fully saturated rings. The number of carboxylic acid groups (broad SMARTS) is 1. The molecule has 0 aromatic heterocycles. The summed E-state index contributed by atoms with van der Waals surface area (Å²) in [4.78, 5) is 27.6. The van der Waals surface area contributed by atoms with E-state index >= 15 is 0 Å². The first-order chi connectivity index (χ1) is 25.6. The van der Waals surface area contributed by atoms with Crippen LogP contribution in [0.1, 0.15) is 132 Å². The molecule has 3 N–H and O–H groups in total. The van der Waals surface area contributed by atoms with Crippen LogP contribution in [0.15, 0.2) is 12.2 Å². The Kier molecular flexibility index (Phi) is 10.7. The van der Waals surface area contributed by atoms with E-state index in [-0.39, 0.29) is 69.3 Å². The highest BCUT2D eigenvalue weighted by Gasteiger charge is 2.71. The van der Waals surface area contributed by atoms with Crippen molar-refractivity contribution in [3.63, 3.8) is 0 Å². The zero-order valence-electron chi connectivity index (χ0n) is 35.4. The first kappa shape index (κ1) is 41.7. The zero-order chi connectivity index (χ0) is 40.1. The van der Waals surface area contributed by atoms with Gasteiger partial charge in [0.25, 0.3) is 0 Å². The molecule has 9 nitrogen and oxygen atoms in total. The third-order valence-corrected chi connectivity index (χ3v) is 20.8. The fourth-order valence-electron chi connectivity index (χ4n) is 15.6. The fourth-order valence-corrected chi connectivity index (χ4v) is 16.8. The monoisotopic (exact) mass is 787 g/mol. The Labute approximate surface area is 332 Å². The lowest BCUT2D eigenvalue weighted by Gasteiger charge is -2.73. The predicted octanol–water partition coefficient (Wildman–Crippen LogP) is 7.13. The number of esters is 1. The van der Waals surface area contributed by atoms with Crippen LogP contribution in [0, 0.1) is 68.5 Å². The second-order valence-electron chi connectivity index (χ2n) is 21.9. The average molecular weight is 787 g/mol. The van der Waals surface area contributed by atoms with Crippen molar-refractivity contribution < 1.29 is 33.0 Å². The minimum Gasteiger partial charge on any atom is -0.481 e. The summed E-state index contributed by atoms with van der Waals surface area (Å²) in [7, 11) is -2.97. The number of hydrogen-bond donors (Lipinski definition) is 3. The van der Waals surface area contributed by atoms with Gasteiger partial charge in [-0.1, -0.05) is 60.6 Å². The van der Waals surface area contributed by atoms with Crippen molar-refractivity contribution in [1.82, 2.24) is 10.2 Å². The second kappa shape index (κ2) is 14.1. The summed E-state index contributed by atoms with van der Waals surface area (Å²) in [6.45, 7) is 25.2. The summed E-state index contributed by atoms with van der Waals surface area (Å²) in [5.41, 5.74) is 1.19. The van der Waals surface area contributed by atoms with Crippen LogP contribution in [0.2, 0.25) is 0 Å². The molecule has 1 saturated heterocycles. The highest BCUT2D eigenvalue weighted by molar-refractivity contribution is 7.91. The van der Waals surface area contributed by atoms with Crippen LogP contribution in [0.3, 0.4) is 0 Å². The summed E-state index contributed by atoms with van der Waals surface area (Å²) in [6.07, 6.45) is 12.5. The van der Waals surface area contributed by atoms with E-state index in [1.54, 1.807) is 0 Å². The molecule has 6 saturated carbocycles. The molecule has 1 aliphatic heterocycles. The van der Waals surface area contributed by atoms with Crippen LogP contribution in [0.25, 0.3) is 0 Å². The van der Waals surface area contributed by atoms with Crippen LogP contribution < -0.4 is 5.32 Å². The molecule has 0 unspecified atom stereocenters. The van der Waals surface area contributed by atoms with Crippen LogP contribution in [0.4, 0.5) is 0 Å². The SMILES string of the molecule is C=C(C)[C@@H]1CC[C@]2(NCC[C@@H](CO)N3CCS(=O)(=O)CC3)CC[C@]3(C)[C@H](CC[C@@H]4[C@@]5(C)CC[C@H](OC(=O)[C@H]6C[C@@H](C(=O)O)C6(C)C)C(C)(C)[C@@H]5CC[C@]43C)[C@@H]12. The Morgan fingerprint density at radius 2 is 1.55 bits per heavy atom. The van der Waals surface area contributed by atoms with Crippen LogP contribution in [0.5, 0.6) is 0 Å². The van der Waals surface area contributed by atoms with Gasteiger partial charge < -0.3 is 20.3 Å². The molecular weight excluding hydrogens is 713 g/mol. The Balaban J connectivity index is 1.07. The number of fused-ring (bicyclic) bond motifs is 7. The Bertz CT molecular complexity index is 1630. The molecule has 6 aliphatic carbocycles. The van der Waals surface area contributed by atoms with Gasteiger partial charge in [0.2, 0.25) is 0 Å². The van der Waals surface area contributed by atoms with Gasteiger partial charge in [0.15, 0.2) is 9.84 Å². The van der Waals surface area contributed by atoms with Gasteiger partial charge in [0.05, 0.1) is 29.9 Å². The van der Waals surface area contributed by atoms with Gasteiger partial charge >= 0.3 is 11.9 Å². The predicted molar refractivity (Wildman–Crippen MR) is 216 cm³/mol. The van der Waals surface area contributed by atoms with Crippen LogP contribution in [-0.4, -0.2) is 90.9 Å². The van der Waals surface area contributed by atoms with Crippen molar-refractivity contribution in [2.45, 2.75) is 150 Å². The van der Waals surface area contributed by atoms with E-state index in [1.165, 1.54) is 37.7 Å². The van der Waals surface area contributed by atoms with Gasteiger partial charge in [-0.25, -0.2) is 8.42 Å². The van der Waals surface area contributed by atoms with Crippen molar-refractivity contribution in [3.05, 3.63) is 12.2 Å². The third-order valence-electron chi connectivity index (χ3n) is 19.2. The molecule has 0 spiro atoms. The van der Waals surface area contributed by atoms with Crippen molar-refractivity contribution in [2.75, 3.05) is 37.7 Å². The van der Waals surface area contributed by atoms with E-state index in [9.17, 15) is 28.2 Å². The van der Waals surface area contributed by atoms with Crippen molar-refractivity contribution in [1.29, 1.82) is 0 Å². The second-order valence-corrected chi connectivity index (χ2v) is 24.2. The van der Waals surface area contributed by atoms with Gasteiger partial charge in [-0.05, 0) is 142 Å². The highest BCUT2D eigenvalue weighted by Crippen LogP contribution is 2.76. The molecule has 0 aromatic rings. The number of aliphatic hydroxyl groups excluding tert-OH is 1. The Morgan fingerprint density at radius 3 is 2.16 bits per heavy atom. The number of aliphatic carboxylic acids is 1. The maximum Gasteiger partial charge on any atom is 0.309 e. The van der Waals surface area contributed by atoms with Gasteiger partial charge in [-0.3, -0.25) is 14.5 Å². The number of nitrogens with zero attached hydrogens (tertiary/aromatic N) is 1. The molecule has 7 rings (SSSR count). The van der Waals surface area contributed by atoms with Gasteiger partial charge in [0, 0.05) is 30.1 Å². The van der Waals surface area contributed by atoms with Crippen molar-refractivity contribution in [3.8, 4) is 0 Å². The van der Waals surface area contributed by atoms with E-state index in [4.69, 9.17) is 4.74 Å². The van der Waals surface area contributed by atoms with E-state index < -0.39 is 27.1 Å². The zero-order valence-corrected chi connectivity index (χ0v) is 36.2. The maximum atomic E-state index is 13.6. The smallest absolute Gasteiger partial charge is 0.309 e. The van der Waals surface area contributed by atoms with Crippen LogP contribution in [-0.2, 0) is 24.2 Å². The van der Waals surface area contributed by atoms with E-state index in [0.717, 1.165) is 45.1 Å². The highest BCUT2D eigenvalue weighted by atomic mass is 32.2. The lowest BCUT2D eigenvalue weighted by Crippen LogP contribution is -2.69. The van der Waals surface area contributed by atoms with E-state index in [0.29, 0.717) is 49.1 Å². The Hall–Kier alpha value is -1.49. The van der Waals surface area contributed by atoms with Gasteiger partial charge in [-0.2, -0.15) is 0 Å². The van der Waals surface area contributed by atoms with Crippen molar-refractivity contribution >= 4 is 21.8 Å². The largest absolute Gasteiger partial charge is 0.481 e. The molecule has 55 heavy (non-hydrogen) atoms. The number of rotatable bonds is 10. The lowest BCUT2D eigenvalue weighted by atomic mass is 9.32. The molecule has 13 atom stereocenters. The lowest BCUT2D eigenvalue weighted by molar-refractivity contribution is -0.248. The summed E-state index contributed by atoms with van der Waals surface area (Å²) >= 11 is 0. The maximum absolute atomic E-state index is 13.6. The number of aliphatic hydroxyl groups is 1. The quantitative estimate of drug-likeness (QED) is 0.156. The molecule has 1 heterocycles. The first-order valence-electron chi connectivity index (χ1n) is 22.0. The molecular formula is C45H74N2O7S. The number of ether oxygens (including phenoxy) is 1. The average Bonchev–Trinajstić information content (AvgIpc) is 3.48. The molecule has 0 bridgehead atoms. The summed E-state index contributed by atoms with van der Waals surface area (Å²) in [5, 5.41) is 24.2. The molecule has 10 heteroatoms. The number of sulfone groups is 1. The van der Waals surface area contributed by atoms with Crippen LogP contribution >= 0.6 is 0 Å². The van der Waals surface area contributed by atoms with Gasteiger partial charge in [0.1, 0.15) is 6.10 Å². The third kappa shape index (κ3) is 6.42. The Morgan fingerprint density at radius 1 is 0.855 bits per heavy atom. The number of carbonyl (C=O) groups excluding carboxylic acids is 1. The minimum atomic E-state index is -2.97. The van der Waals surface area contributed by atoms with Crippen molar-refractivity contribution in [2.24, 2.45) is 68.5 Å². The molecule has 7 aliphatic rings. The molecule has 0 amide bonds. The number of carboxylic acids is 1. The molecule has 312 valence electrons. The number of nitrogens with one attached hydrogen (secondary N) is 1. The normalized spacial score (nSPS) is 46.1. The fraction of sp³-hybridized carbons (Fsp3) is 0.911. The molecule has 0 radical (unpaired) electrons. The summed E-state index contributed by atoms with van der Waals surface area (Å²) in [5.74, 6) is 1.18. The standard InChI is InChI=1S/C45H74N2O7S/c1-28(2)30-12-18-45(46-21-15-29(27-48)47-22-24-55(52,53)25-23-47)20-19-43(8)31(37(30)45)10-11-35-42(7)16-14-36(41(5,6)34(42)13-17-44(35,43)9)54-39(51)33-26-32(38(49)50)40(33,3)4/h29-37,46,48H,1,10-27H2,2-9H3,(H,49,50)/t29-,30-,31+,32-,33+,34-,35+,36-,37+,42-,43+,44+,45-/m0/s1. The number of hydrogen-bond acceptors (Lipinski definition) is 8. The summed E-state index contributed by atoms with van der Waals surface area (Å²) < 4.78 is 30.6. The summed E-state index contributed by atoms with van der Waals surface area (Å²) in [6, 6.07) is -0.0208. The first-order valence-corrected chi connectivity index (χ1v) is 23.8.